The van der Waals surface area contributed by atoms with Gasteiger partial charge in [0.1, 0.15) is 11.6 Å². The van der Waals surface area contributed by atoms with E-state index in [-0.39, 0.29) is 11.6 Å². The Kier molecular flexibility index (Phi) is 3.71. The van der Waals surface area contributed by atoms with Crippen molar-refractivity contribution in [3.05, 3.63) is 46.8 Å². The van der Waals surface area contributed by atoms with Gasteiger partial charge in [-0.25, -0.2) is 4.39 Å². The summed E-state index contributed by atoms with van der Waals surface area (Å²) in [5.74, 6) is -0.103. The zero-order valence-electron chi connectivity index (χ0n) is 16.7. The molecule has 4 rings (SSSR count). The van der Waals surface area contributed by atoms with Crippen molar-refractivity contribution in [2.75, 3.05) is 5.32 Å². The van der Waals surface area contributed by atoms with Crippen molar-refractivity contribution in [1.29, 1.82) is 0 Å². The molecule has 1 heterocycles. The van der Waals surface area contributed by atoms with Crippen molar-refractivity contribution in [2.24, 2.45) is 0 Å². The van der Waals surface area contributed by atoms with Crippen molar-refractivity contribution in [3.63, 3.8) is 0 Å². The van der Waals surface area contributed by atoms with Crippen LogP contribution in [0.2, 0.25) is 0 Å². The summed E-state index contributed by atoms with van der Waals surface area (Å²) in [5, 5.41) is 24.9. The second-order valence-corrected chi connectivity index (χ2v) is 9.13. The molecule has 1 aliphatic heterocycles. The van der Waals surface area contributed by atoms with E-state index in [1.807, 2.05) is 33.8 Å². The molecule has 4 heteroatoms. The summed E-state index contributed by atoms with van der Waals surface area (Å²) in [6.07, 6.45) is 2.55. The molecule has 2 unspecified atom stereocenters. The molecule has 3 nitrogen and oxygen atoms in total. The fraction of sp³-hybridized carbons (Fsp3) is 0.478. The summed E-state index contributed by atoms with van der Waals surface area (Å²) in [6, 6.07) is 6.81. The summed E-state index contributed by atoms with van der Waals surface area (Å²) >= 11 is 0. The third-order valence-corrected chi connectivity index (χ3v) is 7.10. The molecule has 2 atom stereocenters. The third kappa shape index (κ3) is 2.29. The minimum atomic E-state index is -0.888. The van der Waals surface area contributed by atoms with Gasteiger partial charge in [0.15, 0.2) is 0 Å². The van der Waals surface area contributed by atoms with E-state index in [0.29, 0.717) is 5.56 Å². The average molecular weight is 369 g/mol. The van der Waals surface area contributed by atoms with Gasteiger partial charge in [-0.05, 0) is 93.5 Å². The van der Waals surface area contributed by atoms with E-state index < -0.39 is 16.6 Å². The maximum absolute atomic E-state index is 15.2. The summed E-state index contributed by atoms with van der Waals surface area (Å²) in [4.78, 5) is 0. The first kappa shape index (κ1) is 18.3. The fourth-order valence-corrected chi connectivity index (χ4v) is 5.67. The highest BCUT2D eigenvalue weighted by Gasteiger charge is 2.62. The number of aryl methyl sites for hydroxylation is 2. The van der Waals surface area contributed by atoms with Gasteiger partial charge in [0.2, 0.25) is 0 Å². The van der Waals surface area contributed by atoms with Crippen molar-refractivity contribution in [1.82, 2.24) is 0 Å². The molecule has 1 aliphatic carbocycles. The number of benzene rings is 2. The molecule has 2 aliphatic rings. The van der Waals surface area contributed by atoms with Gasteiger partial charge in [0, 0.05) is 16.7 Å². The molecular weight excluding hydrogens is 341 g/mol. The zero-order valence-corrected chi connectivity index (χ0v) is 16.7. The molecule has 1 saturated carbocycles. The van der Waals surface area contributed by atoms with E-state index in [4.69, 9.17) is 0 Å². The van der Waals surface area contributed by atoms with Crippen LogP contribution in [0.25, 0.3) is 11.1 Å². The van der Waals surface area contributed by atoms with Crippen LogP contribution in [0.4, 0.5) is 10.1 Å². The minimum absolute atomic E-state index is 0.188. The Hall–Kier alpha value is -2.07. The first-order chi connectivity index (χ1) is 12.5. The summed E-state index contributed by atoms with van der Waals surface area (Å²) in [6.45, 7) is 9.88. The Labute approximate surface area is 160 Å². The number of aromatic hydroxyl groups is 1. The molecule has 0 spiro atoms. The summed E-state index contributed by atoms with van der Waals surface area (Å²) in [5.41, 5.74) is 2.89. The standard InChI is InChI=1S/C23H28FNO2/c1-13-9-15(26)10-14(2)20(13)16-11-17-19(12-18(16)24)25-21(3,4)23(27)8-6-7-22(17,23)5/h9-12,25-27H,6-8H2,1-5H3. The number of hydrogen-bond acceptors (Lipinski definition) is 3. The third-order valence-electron chi connectivity index (χ3n) is 7.10. The van der Waals surface area contributed by atoms with E-state index in [2.05, 4.69) is 12.2 Å². The Bertz CT molecular complexity index is 929. The number of phenolic OH excluding ortho intramolecular Hbond substituents is 1. The van der Waals surface area contributed by atoms with E-state index in [1.54, 1.807) is 18.2 Å². The molecule has 2 aromatic carbocycles. The highest BCUT2D eigenvalue weighted by molar-refractivity contribution is 5.77. The normalized spacial score (nSPS) is 28.4. The highest BCUT2D eigenvalue weighted by atomic mass is 19.1. The monoisotopic (exact) mass is 369 g/mol. The second-order valence-electron chi connectivity index (χ2n) is 9.13. The van der Waals surface area contributed by atoms with Gasteiger partial charge in [0.25, 0.3) is 0 Å². The quantitative estimate of drug-likeness (QED) is 0.648. The lowest BCUT2D eigenvalue weighted by Crippen LogP contribution is -2.65. The largest absolute Gasteiger partial charge is 0.508 e. The highest BCUT2D eigenvalue weighted by Crippen LogP contribution is 2.59. The first-order valence-corrected chi connectivity index (χ1v) is 9.65. The Balaban J connectivity index is 1.99. The van der Waals surface area contributed by atoms with Crippen molar-refractivity contribution < 1.29 is 14.6 Å². The first-order valence-electron chi connectivity index (χ1n) is 9.65. The molecule has 27 heavy (non-hydrogen) atoms. The molecule has 0 bridgehead atoms. The van der Waals surface area contributed by atoms with Gasteiger partial charge < -0.3 is 15.5 Å². The van der Waals surface area contributed by atoms with E-state index in [1.165, 1.54) is 0 Å². The van der Waals surface area contributed by atoms with Gasteiger partial charge in [-0.15, -0.1) is 0 Å². The van der Waals surface area contributed by atoms with Gasteiger partial charge >= 0.3 is 0 Å². The van der Waals surface area contributed by atoms with Crippen molar-refractivity contribution in [2.45, 2.75) is 70.4 Å². The number of fused-ring (bicyclic) bond motifs is 3. The maximum atomic E-state index is 15.2. The van der Waals surface area contributed by atoms with E-state index in [9.17, 15) is 10.2 Å². The van der Waals surface area contributed by atoms with E-state index in [0.717, 1.165) is 47.2 Å². The lowest BCUT2D eigenvalue weighted by atomic mass is 9.60. The summed E-state index contributed by atoms with van der Waals surface area (Å²) < 4.78 is 15.2. The van der Waals surface area contributed by atoms with Crippen LogP contribution >= 0.6 is 0 Å². The van der Waals surface area contributed by atoms with Gasteiger partial charge in [-0.2, -0.15) is 0 Å². The van der Waals surface area contributed by atoms with Gasteiger partial charge in [-0.3, -0.25) is 0 Å². The zero-order chi connectivity index (χ0) is 19.8. The number of anilines is 1. The topological polar surface area (TPSA) is 52.5 Å². The van der Waals surface area contributed by atoms with Crippen molar-refractivity contribution >= 4 is 5.69 Å². The number of rotatable bonds is 1. The second kappa shape index (κ2) is 5.48. The predicted octanol–water partition coefficient (Wildman–Crippen LogP) is 5.19. The molecule has 0 aromatic heterocycles. The molecule has 0 radical (unpaired) electrons. The Morgan fingerprint density at radius 2 is 1.63 bits per heavy atom. The summed E-state index contributed by atoms with van der Waals surface area (Å²) in [7, 11) is 0. The van der Waals surface area contributed by atoms with Crippen LogP contribution in [0.5, 0.6) is 5.75 Å². The van der Waals surface area contributed by atoms with Gasteiger partial charge in [-0.1, -0.05) is 6.92 Å². The van der Waals surface area contributed by atoms with Crippen LogP contribution in [-0.2, 0) is 5.41 Å². The molecule has 1 fully saturated rings. The lowest BCUT2D eigenvalue weighted by Gasteiger charge is -2.55. The SMILES string of the molecule is Cc1cc(O)cc(C)c1-c1cc2c(cc1F)NC(C)(C)C1(O)CCCC21C. The van der Waals surface area contributed by atoms with Crippen molar-refractivity contribution in [3.8, 4) is 16.9 Å². The Morgan fingerprint density at radius 3 is 2.26 bits per heavy atom. The van der Waals surface area contributed by atoms with Crippen LogP contribution in [0.1, 0.15) is 56.7 Å². The van der Waals surface area contributed by atoms with Crippen LogP contribution in [0, 0.1) is 19.7 Å². The minimum Gasteiger partial charge on any atom is -0.508 e. The molecule has 144 valence electrons. The average Bonchev–Trinajstić information content (AvgIpc) is 2.85. The predicted molar refractivity (Wildman–Crippen MR) is 107 cm³/mol. The fourth-order valence-electron chi connectivity index (χ4n) is 5.67. The number of halogens is 1. The lowest BCUT2D eigenvalue weighted by molar-refractivity contribution is -0.0628. The number of phenols is 1. The number of aliphatic hydroxyl groups is 1. The van der Waals surface area contributed by atoms with Crippen LogP contribution in [-0.4, -0.2) is 21.4 Å². The Morgan fingerprint density at radius 1 is 1.00 bits per heavy atom. The maximum Gasteiger partial charge on any atom is 0.133 e. The number of hydrogen-bond donors (Lipinski definition) is 3. The molecule has 0 amide bonds. The van der Waals surface area contributed by atoms with Crippen LogP contribution in [0.15, 0.2) is 24.3 Å². The molecule has 2 aromatic rings. The van der Waals surface area contributed by atoms with Crippen LogP contribution < -0.4 is 5.32 Å². The number of nitrogens with one attached hydrogen (secondary N) is 1. The molecule has 0 saturated heterocycles. The van der Waals surface area contributed by atoms with E-state index >= 15 is 4.39 Å². The molecular formula is C23H28FNO2. The van der Waals surface area contributed by atoms with Gasteiger partial charge in [0.05, 0.1) is 11.1 Å². The molecule has 3 N–H and O–H groups in total. The smallest absolute Gasteiger partial charge is 0.133 e. The van der Waals surface area contributed by atoms with Crippen LogP contribution in [0.3, 0.4) is 0 Å².